The van der Waals surface area contributed by atoms with Crippen molar-refractivity contribution in [3.63, 3.8) is 0 Å². The molecule has 0 aliphatic heterocycles. The van der Waals surface area contributed by atoms with Crippen molar-refractivity contribution in [2.45, 2.75) is 13.8 Å². The van der Waals surface area contributed by atoms with E-state index in [2.05, 4.69) is 10.3 Å². The number of aromatic amines is 1. The highest BCUT2D eigenvalue weighted by Gasteiger charge is 2.14. The minimum absolute atomic E-state index is 0.0278. The second kappa shape index (κ2) is 6.23. The van der Waals surface area contributed by atoms with Gasteiger partial charge in [-0.15, -0.1) is 0 Å². The zero-order chi connectivity index (χ0) is 14.5. The Labute approximate surface area is 118 Å². The second-order valence-corrected chi connectivity index (χ2v) is 4.50. The Hall–Kier alpha value is -2.30. The molecule has 0 unspecified atom stereocenters. The van der Waals surface area contributed by atoms with Gasteiger partial charge in [-0.3, -0.25) is 9.59 Å². The predicted molar refractivity (Wildman–Crippen MR) is 78.6 cm³/mol. The van der Waals surface area contributed by atoms with Crippen LogP contribution in [0.15, 0.2) is 30.5 Å². The molecule has 0 fully saturated rings. The van der Waals surface area contributed by atoms with Gasteiger partial charge in [0, 0.05) is 30.2 Å². The molecule has 0 radical (unpaired) electrons. The van der Waals surface area contributed by atoms with E-state index in [-0.39, 0.29) is 18.4 Å². The number of nitrogens with one attached hydrogen (secondary N) is 2. The van der Waals surface area contributed by atoms with Crippen LogP contribution in [0, 0.1) is 0 Å². The van der Waals surface area contributed by atoms with Crippen molar-refractivity contribution in [2.24, 2.45) is 0 Å². The first-order valence-corrected chi connectivity index (χ1v) is 6.79. The monoisotopic (exact) mass is 273 g/mol. The number of benzene rings is 1. The van der Waals surface area contributed by atoms with Crippen molar-refractivity contribution < 1.29 is 9.59 Å². The molecule has 2 aromatic rings. The maximum absolute atomic E-state index is 12.1. The van der Waals surface area contributed by atoms with Crippen molar-refractivity contribution >= 4 is 22.7 Å². The van der Waals surface area contributed by atoms with Crippen LogP contribution in [0.3, 0.4) is 0 Å². The Morgan fingerprint density at radius 2 is 1.90 bits per heavy atom. The summed E-state index contributed by atoms with van der Waals surface area (Å²) in [6, 6.07) is 7.58. The van der Waals surface area contributed by atoms with Crippen molar-refractivity contribution in [3.8, 4) is 0 Å². The maximum Gasteiger partial charge on any atom is 0.253 e. The van der Waals surface area contributed by atoms with Gasteiger partial charge in [-0.05, 0) is 19.9 Å². The summed E-state index contributed by atoms with van der Waals surface area (Å²) in [5.41, 5.74) is 1.47. The lowest BCUT2D eigenvalue weighted by Crippen LogP contribution is -2.39. The molecule has 0 spiro atoms. The topological polar surface area (TPSA) is 65.2 Å². The molecule has 0 saturated heterocycles. The molecule has 1 aromatic carbocycles. The highest BCUT2D eigenvalue weighted by molar-refractivity contribution is 6.07. The number of likely N-dealkylation sites (N-methyl/N-ethyl adjacent to an activating group) is 1. The van der Waals surface area contributed by atoms with E-state index in [4.69, 9.17) is 0 Å². The number of amides is 2. The standard InChI is InChI=1S/C15H19N3O2/c1-3-18(4-2)14(19)10-17-15(20)12-9-16-13-8-6-5-7-11(12)13/h5-9,16H,3-4,10H2,1-2H3,(H,17,20). The fraction of sp³-hybridized carbons (Fsp3) is 0.333. The van der Waals surface area contributed by atoms with E-state index in [0.717, 1.165) is 10.9 Å². The van der Waals surface area contributed by atoms with Crippen molar-refractivity contribution in [3.05, 3.63) is 36.0 Å². The van der Waals surface area contributed by atoms with Gasteiger partial charge >= 0.3 is 0 Å². The average Bonchev–Trinajstić information content (AvgIpc) is 2.90. The molecule has 0 atom stereocenters. The summed E-state index contributed by atoms with van der Waals surface area (Å²) >= 11 is 0. The molecule has 5 heteroatoms. The minimum atomic E-state index is -0.233. The zero-order valence-electron chi connectivity index (χ0n) is 11.8. The lowest BCUT2D eigenvalue weighted by molar-refractivity contribution is -0.129. The lowest BCUT2D eigenvalue weighted by Gasteiger charge is -2.18. The molecule has 0 aliphatic rings. The first kappa shape index (κ1) is 14.1. The predicted octanol–water partition coefficient (Wildman–Crippen LogP) is 1.77. The fourth-order valence-electron chi connectivity index (χ4n) is 2.20. The number of hydrogen-bond donors (Lipinski definition) is 2. The average molecular weight is 273 g/mol. The lowest BCUT2D eigenvalue weighted by atomic mass is 10.1. The molecule has 2 N–H and O–H groups in total. The Balaban J connectivity index is 2.04. The normalized spacial score (nSPS) is 10.5. The number of H-pyrrole nitrogens is 1. The number of fused-ring (bicyclic) bond motifs is 1. The summed E-state index contributed by atoms with van der Waals surface area (Å²) < 4.78 is 0. The third kappa shape index (κ3) is 2.82. The van der Waals surface area contributed by atoms with Crippen LogP contribution in [-0.4, -0.2) is 41.3 Å². The number of aromatic nitrogens is 1. The van der Waals surface area contributed by atoms with E-state index in [1.165, 1.54) is 0 Å². The van der Waals surface area contributed by atoms with Crippen molar-refractivity contribution in [2.75, 3.05) is 19.6 Å². The summed E-state index contributed by atoms with van der Waals surface area (Å²) in [4.78, 5) is 28.7. The van der Waals surface area contributed by atoms with Crippen LogP contribution in [0.2, 0.25) is 0 Å². The van der Waals surface area contributed by atoms with Gasteiger partial charge < -0.3 is 15.2 Å². The first-order chi connectivity index (χ1) is 9.67. The highest BCUT2D eigenvalue weighted by Crippen LogP contribution is 2.17. The molecule has 1 heterocycles. The Morgan fingerprint density at radius 1 is 1.20 bits per heavy atom. The van der Waals surface area contributed by atoms with E-state index in [1.54, 1.807) is 11.1 Å². The van der Waals surface area contributed by atoms with Crippen LogP contribution in [0.1, 0.15) is 24.2 Å². The number of hydrogen-bond acceptors (Lipinski definition) is 2. The number of nitrogens with zero attached hydrogens (tertiary/aromatic N) is 1. The van der Waals surface area contributed by atoms with E-state index in [1.807, 2.05) is 38.1 Å². The zero-order valence-corrected chi connectivity index (χ0v) is 11.8. The number of rotatable bonds is 5. The second-order valence-electron chi connectivity index (χ2n) is 4.50. The van der Waals surface area contributed by atoms with Crippen LogP contribution in [0.5, 0.6) is 0 Å². The molecule has 0 aliphatic carbocycles. The molecule has 5 nitrogen and oxygen atoms in total. The summed E-state index contributed by atoms with van der Waals surface area (Å²) in [5.74, 6) is -0.300. The quantitative estimate of drug-likeness (QED) is 0.872. The van der Waals surface area contributed by atoms with Crippen LogP contribution in [0.4, 0.5) is 0 Å². The largest absolute Gasteiger partial charge is 0.360 e. The number of carbonyl (C=O) groups excluding carboxylic acids is 2. The number of para-hydroxylation sites is 1. The van der Waals surface area contributed by atoms with E-state index < -0.39 is 0 Å². The van der Waals surface area contributed by atoms with E-state index in [0.29, 0.717) is 18.7 Å². The highest BCUT2D eigenvalue weighted by atomic mass is 16.2. The first-order valence-electron chi connectivity index (χ1n) is 6.79. The van der Waals surface area contributed by atoms with Gasteiger partial charge in [-0.25, -0.2) is 0 Å². The van der Waals surface area contributed by atoms with Gasteiger partial charge in [-0.1, -0.05) is 18.2 Å². The van der Waals surface area contributed by atoms with Gasteiger partial charge in [-0.2, -0.15) is 0 Å². The molecule has 0 bridgehead atoms. The van der Waals surface area contributed by atoms with Gasteiger partial charge in [0.25, 0.3) is 5.91 Å². The smallest absolute Gasteiger partial charge is 0.253 e. The summed E-state index contributed by atoms with van der Waals surface area (Å²) in [6.45, 7) is 5.17. The molecule has 106 valence electrons. The minimum Gasteiger partial charge on any atom is -0.360 e. The Bertz CT molecular complexity index is 614. The van der Waals surface area contributed by atoms with Gasteiger partial charge in [0.1, 0.15) is 0 Å². The molecular formula is C15H19N3O2. The molecule has 2 amide bonds. The van der Waals surface area contributed by atoms with Gasteiger partial charge in [0.15, 0.2) is 0 Å². The fourth-order valence-corrected chi connectivity index (χ4v) is 2.20. The molecule has 1 aromatic heterocycles. The summed E-state index contributed by atoms with van der Waals surface area (Å²) in [6.07, 6.45) is 1.67. The third-order valence-electron chi connectivity index (χ3n) is 3.35. The van der Waals surface area contributed by atoms with E-state index >= 15 is 0 Å². The van der Waals surface area contributed by atoms with Crippen molar-refractivity contribution in [1.82, 2.24) is 15.2 Å². The van der Waals surface area contributed by atoms with Crippen LogP contribution < -0.4 is 5.32 Å². The summed E-state index contributed by atoms with van der Waals surface area (Å²) in [5, 5.41) is 3.54. The van der Waals surface area contributed by atoms with Crippen molar-refractivity contribution in [1.29, 1.82) is 0 Å². The number of carbonyl (C=O) groups is 2. The van der Waals surface area contributed by atoms with E-state index in [9.17, 15) is 9.59 Å². The Kier molecular flexibility index (Phi) is 4.40. The maximum atomic E-state index is 12.1. The SMILES string of the molecule is CCN(CC)C(=O)CNC(=O)c1c[nH]c2ccccc12. The molecule has 2 rings (SSSR count). The van der Waals surface area contributed by atoms with Gasteiger partial charge in [0.05, 0.1) is 12.1 Å². The Morgan fingerprint density at radius 3 is 2.60 bits per heavy atom. The third-order valence-corrected chi connectivity index (χ3v) is 3.35. The van der Waals surface area contributed by atoms with Crippen LogP contribution in [-0.2, 0) is 4.79 Å². The summed E-state index contributed by atoms with van der Waals surface area (Å²) in [7, 11) is 0. The molecule has 20 heavy (non-hydrogen) atoms. The van der Waals surface area contributed by atoms with Crippen LogP contribution in [0.25, 0.3) is 10.9 Å². The molecule has 0 saturated carbocycles. The van der Waals surface area contributed by atoms with Gasteiger partial charge in [0.2, 0.25) is 5.91 Å². The molecular weight excluding hydrogens is 254 g/mol. The van der Waals surface area contributed by atoms with Crippen LogP contribution >= 0.6 is 0 Å².